The fraction of sp³-hybridized carbons (Fsp3) is 0.529. The van der Waals surface area contributed by atoms with E-state index in [0.29, 0.717) is 46.1 Å². The van der Waals surface area contributed by atoms with Gasteiger partial charge in [0.15, 0.2) is 22.9 Å². The number of nitrogens with two attached hydrogens (primary N) is 1. The summed E-state index contributed by atoms with van der Waals surface area (Å²) in [5, 5.41) is 36.4. The van der Waals surface area contributed by atoms with Crippen molar-refractivity contribution in [2.24, 2.45) is 0 Å². The van der Waals surface area contributed by atoms with Gasteiger partial charge in [-0.1, -0.05) is 5.16 Å². The Kier molecular flexibility index (Phi) is 7.05. The monoisotopic (exact) mass is 652 g/mol. The largest absolute Gasteiger partial charge is 0.389 e. The Hall–Kier alpha value is -4.12. The van der Waals surface area contributed by atoms with Crippen LogP contribution in [0.2, 0.25) is 0 Å². The Morgan fingerprint density at radius 3 is 2.77 bits per heavy atom. The maximum atomic E-state index is 10.4. The molecule has 0 radical (unpaired) electrons. The number of nitrogen functional groups attached to an aromatic ring is 1. The number of anilines is 1. The van der Waals surface area contributed by atoms with Crippen molar-refractivity contribution in [1.82, 2.24) is 39.6 Å². The lowest BCUT2D eigenvalue weighted by atomic mass is 9.63. The molecule has 3 atom stereocenters. The summed E-state index contributed by atoms with van der Waals surface area (Å²) in [6.07, 6.45) is 11.4. The third-order valence-electron chi connectivity index (χ3n) is 10.5. The molecule has 0 saturated carbocycles. The van der Waals surface area contributed by atoms with Crippen molar-refractivity contribution in [2.45, 2.75) is 102 Å². The van der Waals surface area contributed by atoms with E-state index in [9.17, 15) is 10.4 Å². The zero-order valence-corrected chi connectivity index (χ0v) is 28.1. The van der Waals surface area contributed by atoms with Crippen molar-refractivity contribution in [3.05, 3.63) is 45.8 Å². The Morgan fingerprint density at radius 2 is 2.02 bits per heavy atom. The molecule has 3 N–H and O–H groups in total. The molecule has 6 heterocycles. The number of fused-ring (bicyclic) bond motifs is 5. The van der Waals surface area contributed by atoms with Gasteiger partial charge in [0.05, 0.1) is 34.6 Å². The average Bonchev–Trinajstić information content (AvgIpc) is 3.86. The maximum Gasteiger partial charge on any atom is 0.184 e. The zero-order chi connectivity index (χ0) is 32.7. The van der Waals surface area contributed by atoms with Crippen LogP contribution in [0, 0.1) is 11.3 Å². The number of likely N-dealkylation sites (tertiary alicyclic amines) is 1. The highest BCUT2D eigenvalue weighted by atomic mass is 32.1. The Morgan fingerprint density at radius 1 is 1.21 bits per heavy atom. The number of hydrogen-bond donors (Lipinski definition) is 2. The van der Waals surface area contributed by atoms with Gasteiger partial charge in [-0.3, -0.25) is 4.68 Å². The van der Waals surface area contributed by atoms with Crippen molar-refractivity contribution >= 4 is 27.4 Å². The first-order chi connectivity index (χ1) is 22.6. The van der Waals surface area contributed by atoms with Gasteiger partial charge >= 0.3 is 0 Å². The summed E-state index contributed by atoms with van der Waals surface area (Å²) in [4.78, 5) is 13.6. The van der Waals surface area contributed by atoms with Crippen LogP contribution in [0.4, 0.5) is 5.00 Å². The minimum Gasteiger partial charge on any atom is -0.389 e. The first-order valence-corrected chi connectivity index (χ1v) is 17.4. The van der Waals surface area contributed by atoms with Crippen LogP contribution in [0.25, 0.3) is 33.9 Å². The van der Waals surface area contributed by atoms with Crippen LogP contribution in [0.3, 0.4) is 0 Å². The summed E-state index contributed by atoms with van der Waals surface area (Å²) in [6.45, 7) is 7.16. The number of thiophene rings is 1. The van der Waals surface area contributed by atoms with E-state index in [0.717, 1.165) is 85.8 Å². The molecule has 244 valence electrons. The average molecular weight is 653 g/mol. The maximum absolute atomic E-state index is 10.4. The van der Waals surface area contributed by atoms with Crippen LogP contribution < -0.4 is 5.73 Å². The minimum atomic E-state index is -0.898. The van der Waals surface area contributed by atoms with E-state index >= 15 is 0 Å². The Bertz CT molecular complexity index is 2040. The second-order valence-corrected chi connectivity index (χ2v) is 15.4. The van der Waals surface area contributed by atoms with E-state index in [2.05, 4.69) is 30.1 Å². The molecule has 3 aliphatic rings. The van der Waals surface area contributed by atoms with E-state index in [-0.39, 0.29) is 6.04 Å². The van der Waals surface area contributed by atoms with Crippen molar-refractivity contribution < 1.29 is 9.63 Å². The van der Waals surface area contributed by atoms with Crippen LogP contribution in [-0.4, -0.2) is 69.9 Å². The molecule has 0 bridgehead atoms. The van der Waals surface area contributed by atoms with Gasteiger partial charge in [0, 0.05) is 28.9 Å². The molecule has 1 fully saturated rings. The normalized spacial score (nSPS) is 22.1. The standard InChI is InChI=1S/C34H40N10O2S/c1-19(24-9-7-14-42(24)4)44-32-22(27(40-44)23-11-15-43(39-23)18-33(2,3)45)17-37-31(38-32)28-20-8-5-12-34(29(20)46-41-28)13-6-10-25-26(34)21(16-35)30(36)47-25/h11,15,17,19,24,45H,5-10,12-14,18,36H2,1-4H3. The van der Waals surface area contributed by atoms with Gasteiger partial charge in [0.25, 0.3) is 0 Å². The quantitative estimate of drug-likeness (QED) is 0.248. The van der Waals surface area contributed by atoms with E-state index in [4.69, 9.17) is 30.4 Å². The summed E-state index contributed by atoms with van der Waals surface area (Å²) < 4.78 is 10.0. The van der Waals surface area contributed by atoms with E-state index in [1.807, 2.05) is 23.1 Å². The number of aryl methyl sites for hydroxylation is 1. The van der Waals surface area contributed by atoms with Crippen LogP contribution >= 0.6 is 11.3 Å². The molecular formula is C34H40N10O2S. The number of rotatable bonds is 6. The summed E-state index contributed by atoms with van der Waals surface area (Å²) in [7, 11) is 2.17. The predicted molar refractivity (Wildman–Crippen MR) is 179 cm³/mol. The lowest BCUT2D eigenvalue weighted by molar-refractivity contribution is 0.0578. The van der Waals surface area contributed by atoms with Gasteiger partial charge in [-0.25, -0.2) is 14.6 Å². The Balaban J connectivity index is 1.25. The van der Waals surface area contributed by atoms with Gasteiger partial charge in [0.1, 0.15) is 22.5 Å². The SMILES string of the molecule is CC(C1CCCN1C)n1nc(-c2ccn(CC(C)(C)O)n2)c2cnc(-c3noc4c3CCCC43CCCc4sc(N)c(C#N)c43)nc21. The number of aliphatic hydroxyl groups is 1. The fourth-order valence-electron chi connectivity index (χ4n) is 8.41. The molecule has 2 aliphatic carbocycles. The number of nitrogens with zero attached hydrogens (tertiary/aromatic N) is 9. The first kappa shape index (κ1) is 30.2. The number of aromatic nitrogens is 7. The highest BCUT2D eigenvalue weighted by molar-refractivity contribution is 7.16. The molecule has 5 aromatic rings. The van der Waals surface area contributed by atoms with Gasteiger partial charge in [0.2, 0.25) is 0 Å². The highest BCUT2D eigenvalue weighted by Gasteiger charge is 2.49. The summed E-state index contributed by atoms with van der Waals surface area (Å²) >= 11 is 1.54. The molecular weight excluding hydrogens is 613 g/mol. The molecule has 3 unspecified atom stereocenters. The second kappa shape index (κ2) is 11.0. The van der Waals surface area contributed by atoms with E-state index in [1.165, 1.54) is 4.88 Å². The van der Waals surface area contributed by atoms with Crippen LogP contribution in [0.5, 0.6) is 0 Å². The van der Waals surface area contributed by atoms with Crippen molar-refractivity contribution in [3.63, 3.8) is 0 Å². The summed E-state index contributed by atoms with van der Waals surface area (Å²) in [5.74, 6) is 1.35. The Labute approximate surface area is 277 Å². The van der Waals surface area contributed by atoms with Crippen molar-refractivity contribution in [2.75, 3.05) is 19.3 Å². The smallest absolute Gasteiger partial charge is 0.184 e. The highest BCUT2D eigenvalue weighted by Crippen LogP contribution is 2.55. The van der Waals surface area contributed by atoms with Crippen LogP contribution in [0.1, 0.15) is 92.7 Å². The molecule has 1 spiro atoms. The minimum absolute atomic E-state index is 0.0589. The first-order valence-electron chi connectivity index (χ1n) is 16.6. The van der Waals surface area contributed by atoms with Crippen LogP contribution in [0.15, 0.2) is 23.0 Å². The molecule has 1 aliphatic heterocycles. The molecule has 47 heavy (non-hydrogen) atoms. The van der Waals surface area contributed by atoms with E-state index in [1.54, 1.807) is 29.9 Å². The zero-order valence-electron chi connectivity index (χ0n) is 27.3. The van der Waals surface area contributed by atoms with Crippen LogP contribution in [-0.2, 0) is 24.8 Å². The van der Waals surface area contributed by atoms with E-state index < -0.39 is 11.0 Å². The third-order valence-corrected chi connectivity index (χ3v) is 11.5. The van der Waals surface area contributed by atoms with Gasteiger partial charge in [-0.15, -0.1) is 11.3 Å². The number of likely N-dealkylation sites (N-methyl/N-ethyl adjacent to an activating group) is 1. The van der Waals surface area contributed by atoms with Gasteiger partial charge in [-0.05, 0) is 97.4 Å². The van der Waals surface area contributed by atoms with Gasteiger partial charge in [-0.2, -0.15) is 15.5 Å². The van der Waals surface area contributed by atoms with Gasteiger partial charge < -0.3 is 20.3 Å². The molecule has 0 aromatic carbocycles. The molecule has 8 rings (SSSR count). The predicted octanol–water partition coefficient (Wildman–Crippen LogP) is 5.24. The lowest BCUT2D eigenvalue weighted by Crippen LogP contribution is -2.35. The number of hydrogen-bond acceptors (Lipinski definition) is 11. The summed E-state index contributed by atoms with van der Waals surface area (Å²) in [5.41, 5.74) is 10.5. The molecule has 0 amide bonds. The molecule has 5 aromatic heterocycles. The topological polar surface area (TPSA) is 161 Å². The summed E-state index contributed by atoms with van der Waals surface area (Å²) in [6, 6.07) is 4.71. The molecule has 12 nitrogen and oxygen atoms in total. The second-order valence-electron chi connectivity index (χ2n) is 14.2. The molecule has 13 heteroatoms. The fourth-order valence-corrected chi connectivity index (χ4v) is 9.57. The lowest BCUT2D eigenvalue weighted by Gasteiger charge is -2.39. The number of nitriles is 1. The third kappa shape index (κ3) is 4.79. The van der Waals surface area contributed by atoms with Crippen molar-refractivity contribution in [1.29, 1.82) is 5.26 Å². The molecule has 1 saturated heterocycles. The van der Waals surface area contributed by atoms with Crippen molar-refractivity contribution in [3.8, 4) is 29.0 Å².